The molecule has 0 bridgehead atoms. The smallest absolute Gasteiger partial charge is 0.189 e. The van der Waals surface area contributed by atoms with Crippen LogP contribution < -0.4 is 11.3 Å². The van der Waals surface area contributed by atoms with Gasteiger partial charge in [0.1, 0.15) is 4.83 Å². The first-order valence-electron chi connectivity index (χ1n) is 9.12. The predicted molar refractivity (Wildman–Crippen MR) is 113 cm³/mol. The summed E-state index contributed by atoms with van der Waals surface area (Å²) in [5.74, 6) is 6.95. The van der Waals surface area contributed by atoms with Crippen molar-refractivity contribution in [3.05, 3.63) is 16.8 Å². The van der Waals surface area contributed by atoms with E-state index in [2.05, 4.69) is 38.1 Å². The highest BCUT2D eigenvalue weighted by atomic mass is 32.2. The third kappa shape index (κ3) is 3.29. The first-order chi connectivity index (χ1) is 12.8. The predicted octanol–water partition coefficient (Wildman–Crippen LogP) is 4.30. The number of pyridine rings is 1. The Hall–Kier alpha value is -1.48. The maximum Gasteiger partial charge on any atom is 0.189 e. The lowest BCUT2D eigenvalue weighted by Crippen LogP contribution is -2.33. The van der Waals surface area contributed by atoms with Crippen LogP contribution in [0.4, 0.5) is 5.82 Å². The summed E-state index contributed by atoms with van der Waals surface area (Å²) in [6.07, 6.45) is 3.77. The lowest BCUT2D eigenvalue weighted by atomic mass is 9.88. The zero-order chi connectivity index (χ0) is 19.3. The number of hydrogen-bond acceptors (Lipinski definition) is 8. The molecule has 3 aromatic heterocycles. The molecule has 0 atom stereocenters. The molecule has 3 N–H and O–H groups in total. The Morgan fingerprint density at radius 1 is 1.26 bits per heavy atom. The van der Waals surface area contributed by atoms with Gasteiger partial charge >= 0.3 is 0 Å². The molecular formula is C19H25N5OS2. The lowest BCUT2D eigenvalue weighted by molar-refractivity contribution is -0.0402. The highest BCUT2D eigenvalue weighted by molar-refractivity contribution is 7.98. The summed E-state index contributed by atoms with van der Waals surface area (Å²) < 4.78 is 7.10. The van der Waals surface area contributed by atoms with Gasteiger partial charge in [0, 0.05) is 23.1 Å². The molecule has 0 amide bonds. The number of nitrogens with zero attached hydrogens (tertiary/aromatic N) is 3. The van der Waals surface area contributed by atoms with Gasteiger partial charge in [0.2, 0.25) is 0 Å². The van der Waals surface area contributed by atoms with Gasteiger partial charge in [0.15, 0.2) is 11.0 Å². The zero-order valence-electron chi connectivity index (χ0n) is 16.3. The Balaban J connectivity index is 2.09. The number of fused-ring (bicyclic) bond motifs is 5. The number of nitrogens with one attached hydrogen (secondary N) is 1. The molecule has 4 heterocycles. The summed E-state index contributed by atoms with van der Waals surface area (Å²) in [4.78, 5) is 15.4. The Kier molecular flexibility index (Phi) is 4.78. The topological polar surface area (TPSA) is 86.0 Å². The number of hydrogen-bond donors (Lipinski definition) is 2. The van der Waals surface area contributed by atoms with Crippen molar-refractivity contribution in [2.45, 2.75) is 57.9 Å². The summed E-state index contributed by atoms with van der Waals surface area (Å²) >= 11 is 3.13. The number of ether oxygens (including phenoxy) is 1. The molecule has 4 rings (SSSR count). The molecule has 1 aliphatic rings. The number of nitrogen functional groups attached to an aromatic ring is 1. The molecule has 0 spiro atoms. The van der Waals surface area contributed by atoms with Crippen LogP contribution in [0.5, 0.6) is 0 Å². The van der Waals surface area contributed by atoms with Gasteiger partial charge in [0.25, 0.3) is 0 Å². The SMILES string of the molecule is CSc1nc(NN)c2sc3nc(CC(C)C)c4c(c3c2n1)CC(C)(C)OC4. The van der Waals surface area contributed by atoms with Crippen molar-refractivity contribution >= 4 is 49.3 Å². The maximum absolute atomic E-state index is 6.14. The van der Waals surface area contributed by atoms with Gasteiger partial charge < -0.3 is 10.2 Å². The van der Waals surface area contributed by atoms with Crippen LogP contribution in [0.25, 0.3) is 20.4 Å². The van der Waals surface area contributed by atoms with E-state index in [4.69, 9.17) is 20.5 Å². The fourth-order valence-electron chi connectivity index (χ4n) is 3.67. The normalized spacial score (nSPS) is 16.3. The van der Waals surface area contributed by atoms with E-state index in [-0.39, 0.29) is 5.60 Å². The number of aromatic nitrogens is 3. The van der Waals surface area contributed by atoms with Crippen molar-refractivity contribution in [1.29, 1.82) is 0 Å². The quantitative estimate of drug-likeness (QED) is 0.291. The number of rotatable bonds is 4. The molecule has 0 saturated carbocycles. The van der Waals surface area contributed by atoms with Gasteiger partial charge in [-0.1, -0.05) is 25.6 Å². The molecule has 0 aliphatic carbocycles. The van der Waals surface area contributed by atoms with Crippen LogP contribution in [-0.4, -0.2) is 26.8 Å². The minimum atomic E-state index is -0.199. The minimum Gasteiger partial charge on any atom is -0.370 e. The molecule has 0 aromatic carbocycles. The summed E-state index contributed by atoms with van der Waals surface area (Å²) in [7, 11) is 0. The van der Waals surface area contributed by atoms with Crippen LogP contribution in [0, 0.1) is 5.92 Å². The van der Waals surface area contributed by atoms with Crippen molar-refractivity contribution in [3.63, 3.8) is 0 Å². The van der Waals surface area contributed by atoms with Crippen LogP contribution in [0.1, 0.15) is 44.5 Å². The average molecular weight is 404 g/mol. The monoisotopic (exact) mass is 403 g/mol. The fraction of sp³-hybridized carbons (Fsp3) is 0.526. The average Bonchev–Trinajstić information content (AvgIpc) is 2.97. The molecule has 1 aliphatic heterocycles. The standard InChI is InChI=1S/C19H25N5OS2/c1-9(2)6-12-11-8-25-19(3,4)7-10(11)13-14-15(27-17(13)21-12)16(24-20)23-18(22-14)26-5/h9H,6-8,20H2,1-5H3,(H,22,23,24). The van der Waals surface area contributed by atoms with E-state index in [0.717, 1.165) is 39.0 Å². The van der Waals surface area contributed by atoms with Gasteiger partial charge in [-0.25, -0.2) is 20.8 Å². The van der Waals surface area contributed by atoms with E-state index in [9.17, 15) is 0 Å². The molecule has 27 heavy (non-hydrogen) atoms. The van der Waals surface area contributed by atoms with E-state index < -0.39 is 0 Å². The van der Waals surface area contributed by atoms with Crippen LogP contribution in [0.2, 0.25) is 0 Å². The highest BCUT2D eigenvalue weighted by Gasteiger charge is 2.32. The Morgan fingerprint density at radius 2 is 2.04 bits per heavy atom. The van der Waals surface area contributed by atoms with E-state index in [1.54, 1.807) is 11.3 Å². The number of hydrazine groups is 1. The van der Waals surface area contributed by atoms with Crippen LogP contribution >= 0.6 is 23.1 Å². The molecule has 0 fully saturated rings. The van der Waals surface area contributed by atoms with E-state index in [0.29, 0.717) is 23.5 Å². The second-order valence-corrected chi connectivity index (χ2v) is 9.77. The van der Waals surface area contributed by atoms with Gasteiger partial charge in [-0.3, -0.25) is 0 Å². The van der Waals surface area contributed by atoms with E-state index in [1.807, 2.05) is 6.26 Å². The number of anilines is 1. The van der Waals surface area contributed by atoms with Crippen molar-refractivity contribution in [2.24, 2.45) is 11.8 Å². The Morgan fingerprint density at radius 3 is 2.70 bits per heavy atom. The molecule has 8 heteroatoms. The number of thioether (sulfide) groups is 1. The molecule has 0 radical (unpaired) electrons. The molecule has 0 saturated heterocycles. The Labute approximate surface area is 167 Å². The maximum atomic E-state index is 6.14. The summed E-state index contributed by atoms with van der Waals surface area (Å²) in [6.45, 7) is 9.35. The first-order valence-corrected chi connectivity index (χ1v) is 11.2. The van der Waals surface area contributed by atoms with Gasteiger partial charge in [-0.05, 0) is 38.0 Å². The van der Waals surface area contributed by atoms with E-state index in [1.165, 1.54) is 22.9 Å². The summed E-state index contributed by atoms with van der Waals surface area (Å²) in [5, 5.41) is 1.85. The Bertz CT molecular complexity index is 1030. The third-order valence-corrected chi connectivity index (χ3v) is 6.50. The van der Waals surface area contributed by atoms with Crippen molar-refractivity contribution in [1.82, 2.24) is 15.0 Å². The highest BCUT2D eigenvalue weighted by Crippen LogP contribution is 2.43. The van der Waals surface area contributed by atoms with Crippen LogP contribution in [0.3, 0.4) is 0 Å². The lowest BCUT2D eigenvalue weighted by Gasteiger charge is -2.33. The summed E-state index contributed by atoms with van der Waals surface area (Å²) in [5.41, 5.74) is 7.20. The molecule has 6 nitrogen and oxygen atoms in total. The summed E-state index contributed by atoms with van der Waals surface area (Å²) in [6, 6.07) is 0. The molecular weight excluding hydrogens is 378 g/mol. The van der Waals surface area contributed by atoms with Gasteiger partial charge in [0.05, 0.1) is 22.4 Å². The number of nitrogens with two attached hydrogens (primary N) is 1. The molecule has 144 valence electrons. The third-order valence-electron chi connectivity index (χ3n) is 4.88. The molecule has 0 unspecified atom stereocenters. The van der Waals surface area contributed by atoms with Crippen molar-refractivity contribution < 1.29 is 4.74 Å². The largest absolute Gasteiger partial charge is 0.370 e. The second-order valence-electron chi connectivity index (χ2n) is 8.00. The first kappa shape index (κ1) is 18.9. The van der Waals surface area contributed by atoms with Crippen molar-refractivity contribution in [2.75, 3.05) is 11.7 Å². The van der Waals surface area contributed by atoms with Gasteiger partial charge in [-0.2, -0.15) is 0 Å². The molecule has 3 aromatic rings. The van der Waals surface area contributed by atoms with Crippen LogP contribution in [0.15, 0.2) is 5.16 Å². The van der Waals surface area contributed by atoms with Gasteiger partial charge in [-0.15, -0.1) is 11.3 Å². The van der Waals surface area contributed by atoms with E-state index >= 15 is 0 Å². The zero-order valence-corrected chi connectivity index (χ0v) is 18.0. The fourth-order valence-corrected chi connectivity index (χ4v) is 5.15. The minimum absolute atomic E-state index is 0.199. The van der Waals surface area contributed by atoms with Crippen molar-refractivity contribution in [3.8, 4) is 0 Å². The second kappa shape index (κ2) is 6.84. The van der Waals surface area contributed by atoms with Crippen LogP contribution in [-0.2, 0) is 24.2 Å². The number of thiophene rings is 1.